The predicted molar refractivity (Wildman–Crippen MR) is 75.1 cm³/mol. The number of nitriles is 1. The summed E-state index contributed by atoms with van der Waals surface area (Å²) < 4.78 is 24.0. The fourth-order valence-corrected chi connectivity index (χ4v) is 1.81. The molecule has 0 aliphatic heterocycles. The van der Waals surface area contributed by atoms with Gasteiger partial charge in [-0.05, 0) is 31.2 Å². The van der Waals surface area contributed by atoms with Crippen LogP contribution in [0.25, 0.3) is 6.08 Å². The van der Waals surface area contributed by atoms with Crippen LogP contribution in [-0.4, -0.2) is 25.8 Å². The number of hydrogen-bond donors (Lipinski definition) is 0. The molecule has 0 N–H and O–H groups in total. The average Bonchev–Trinajstić information content (AvgIpc) is 2.39. The van der Waals surface area contributed by atoms with Gasteiger partial charge in [0.15, 0.2) is 0 Å². The molecule has 0 unspecified atom stereocenters. The number of ether oxygens (including phenoxy) is 2. The maximum Gasteiger partial charge on any atom is 0.349 e. The Labute approximate surface area is 124 Å². The third kappa shape index (κ3) is 4.76. The molecule has 1 aromatic rings. The van der Waals surface area contributed by atoms with Gasteiger partial charge in [0.25, 0.3) is 0 Å². The monoisotopic (exact) mass is 341 g/mol. The van der Waals surface area contributed by atoms with Crippen LogP contribution < -0.4 is 0 Å². The molecule has 0 saturated carbocycles. The Kier molecular flexibility index (Phi) is 6.36. The smallest absolute Gasteiger partial charge is 0.349 e. The van der Waals surface area contributed by atoms with E-state index >= 15 is 0 Å². The summed E-state index contributed by atoms with van der Waals surface area (Å²) in [5, 5.41) is 8.98. The molecule has 0 saturated heterocycles. The van der Waals surface area contributed by atoms with E-state index in [1.807, 2.05) is 0 Å². The van der Waals surface area contributed by atoms with Crippen molar-refractivity contribution in [2.24, 2.45) is 0 Å². The van der Waals surface area contributed by atoms with Crippen LogP contribution in [0, 0.1) is 17.1 Å². The van der Waals surface area contributed by atoms with Crippen LogP contribution in [0.15, 0.2) is 28.2 Å². The Hall–Kier alpha value is -1.71. The van der Waals surface area contributed by atoms with E-state index < -0.39 is 17.9 Å². The first-order chi connectivity index (χ1) is 9.47. The quantitative estimate of drug-likeness (QED) is 0.469. The lowest BCUT2D eigenvalue weighted by Gasteiger charge is -2.11. The molecule has 1 rings (SSSR count). The molecule has 4 nitrogen and oxygen atoms in total. The van der Waals surface area contributed by atoms with Crippen LogP contribution in [0.3, 0.4) is 0 Å². The SMILES string of the molecule is COC[C@H](C)OC(=O)/C(C#N)=C/c1cc(Br)ccc1F. The summed E-state index contributed by atoms with van der Waals surface area (Å²) in [4.78, 5) is 11.8. The van der Waals surface area contributed by atoms with E-state index in [4.69, 9.17) is 14.7 Å². The van der Waals surface area contributed by atoms with E-state index in [0.29, 0.717) is 4.47 Å². The number of methoxy groups -OCH3 is 1. The van der Waals surface area contributed by atoms with Gasteiger partial charge in [0.2, 0.25) is 0 Å². The molecule has 0 fully saturated rings. The molecule has 0 amide bonds. The van der Waals surface area contributed by atoms with Gasteiger partial charge in [0.1, 0.15) is 23.6 Å². The highest BCUT2D eigenvalue weighted by Gasteiger charge is 2.15. The van der Waals surface area contributed by atoms with Crippen molar-refractivity contribution in [3.05, 3.63) is 39.6 Å². The van der Waals surface area contributed by atoms with E-state index in [1.54, 1.807) is 13.0 Å². The number of carbonyl (C=O) groups is 1. The van der Waals surface area contributed by atoms with Gasteiger partial charge in [0, 0.05) is 17.1 Å². The van der Waals surface area contributed by atoms with Crippen molar-refractivity contribution < 1.29 is 18.7 Å². The molecule has 0 bridgehead atoms. The molecule has 0 spiro atoms. The van der Waals surface area contributed by atoms with Crippen molar-refractivity contribution in [2.45, 2.75) is 13.0 Å². The van der Waals surface area contributed by atoms with E-state index in [9.17, 15) is 9.18 Å². The number of hydrogen-bond acceptors (Lipinski definition) is 4. The van der Waals surface area contributed by atoms with E-state index in [1.165, 1.54) is 25.3 Å². The first-order valence-electron chi connectivity index (χ1n) is 5.74. The fraction of sp³-hybridized carbons (Fsp3) is 0.286. The molecule has 0 aromatic heterocycles. The van der Waals surface area contributed by atoms with Gasteiger partial charge in [-0.1, -0.05) is 15.9 Å². The van der Waals surface area contributed by atoms with Crippen molar-refractivity contribution in [2.75, 3.05) is 13.7 Å². The first kappa shape index (κ1) is 16.3. The summed E-state index contributed by atoms with van der Waals surface area (Å²) in [5.41, 5.74) is -0.141. The Bertz CT molecular complexity index is 566. The third-order valence-corrected chi connectivity index (χ3v) is 2.80. The normalized spacial score (nSPS) is 12.7. The van der Waals surface area contributed by atoms with Crippen LogP contribution in [0.4, 0.5) is 4.39 Å². The minimum Gasteiger partial charge on any atom is -0.456 e. The molecule has 0 aliphatic rings. The van der Waals surface area contributed by atoms with Crippen LogP contribution in [0.5, 0.6) is 0 Å². The summed E-state index contributed by atoms with van der Waals surface area (Å²) in [6.45, 7) is 1.85. The van der Waals surface area contributed by atoms with Gasteiger partial charge < -0.3 is 9.47 Å². The highest BCUT2D eigenvalue weighted by molar-refractivity contribution is 9.10. The van der Waals surface area contributed by atoms with Crippen LogP contribution in [0.2, 0.25) is 0 Å². The second-order valence-electron chi connectivity index (χ2n) is 4.01. The summed E-state index contributed by atoms with van der Waals surface area (Å²) in [6.07, 6.45) is 0.665. The highest BCUT2D eigenvalue weighted by atomic mass is 79.9. The zero-order chi connectivity index (χ0) is 15.1. The first-order valence-corrected chi connectivity index (χ1v) is 6.54. The highest BCUT2D eigenvalue weighted by Crippen LogP contribution is 2.18. The van der Waals surface area contributed by atoms with Crippen molar-refractivity contribution in [3.63, 3.8) is 0 Å². The van der Waals surface area contributed by atoms with E-state index in [2.05, 4.69) is 15.9 Å². The second kappa shape index (κ2) is 7.78. The zero-order valence-electron chi connectivity index (χ0n) is 11.0. The van der Waals surface area contributed by atoms with Crippen molar-refractivity contribution in [1.29, 1.82) is 5.26 Å². The Morgan fingerprint density at radius 3 is 2.90 bits per heavy atom. The Morgan fingerprint density at radius 1 is 1.60 bits per heavy atom. The molecule has 0 radical (unpaired) electrons. The molecule has 6 heteroatoms. The molecule has 20 heavy (non-hydrogen) atoms. The predicted octanol–water partition coefficient (Wildman–Crippen LogP) is 3.07. The van der Waals surface area contributed by atoms with Crippen molar-refractivity contribution in [3.8, 4) is 6.07 Å². The third-order valence-electron chi connectivity index (χ3n) is 2.31. The number of rotatable bonds is 5. The van der Waals surface area contributed by atoms with Gasteiger partial charge in [-0.3, -0.25) is 0 Å². The van der Waals surface area contributed by atoms with Crippen molar-refractivity contribution in [1.82, 2.24) is 0 Å². The van der Waals surface area contributed by atoms with E-state index in [0.717, 1.165) is 6.08 Å². The Morgan fingerprint density at radius 2 is 2.30 bits per heavy atom. The number of benzene rings is 1. The Balaban J connectivity index is 2.95. The summed E-state index contributed by atoms with van der Waals surface area (Å²) in [5.74, 6) is -1.34. The maximum atomic E-state index is 13.6. The number of carbonyl (C=O) groups excluding carboxylic acids is 1. The lowest BCUT2D eigenvalue weighted by atomic mass is 10.1. The molecule has 0 heterocycles. The molecular formula is C14H13BrFNO3. The van der Waals surface area contributed by atoms with Gasteiger partial charge >= 0.3 is 5.97 Å². The fourth-order valence-electron chi connectivity index (χ4n) is 1.43. The molecule has 1 atom stereocenters. The van der Waals surface area contributed by atoms with Crippen LogP contribution >= 0.6 is 15.9 Å². The average molecular weight is 342 g/mol. The molecule has 106 valence electrons. The minimum atomic E-state index is -0.809. The lowest BCUT2D eigenvalue weighted by Crippen LogP contribution is -2.20. The van der Waals surface area contributed by atoms with Gasteiger partial charge in [-0.25, -0.2) is 9.18 Å². The lowest BCUT2D eigenvalue weighted by molar-refractivity contribution is -0.145. The maximum absolute atomic E-state index is 13.6. The molecule has 1 aromatic carbocycles. The zero-order valence-corrected chi connectivity index (χ0v) is 12.6. The number of halogens is 2. The standard InChI is InChI=1S/C14H13BrFNO3/c1-9(8-19-2)20-14(18)11(7-17)5-10-6-12(15)3-4-13(10)16/h3-6,9H,8H2,1-2H3/b11-5+/t9-/m0/s1. The summed E-state index contributed by atoms with van der Waals surface area (Å²) in [6, 6.07) is 5.94. The van der Waals surface area contributed by atoms with Crippen LogP contribution in [0.1, 0.15) is 12.5 Å². The topological polar surface area (TPSA) is 59.3 Å². The van der Waals surface area contributed by atoms with Crippen molar-refractivity contribution >= 4 is 28.0 Å². The minimum absolute atomic E-state index is 0.132. The van der Waals surface area contributed by atoms with Gasteiger partial charge in [0.05, 0.1) is 6.61 Å². The second-order valence-corrected chi connectivity index (χ2v) is 4.92. The molecule has 0 aliphatic carbocycles. The summed E-state index contributed by atoms with van der Waals surface area (Å²) in [7, 11) is 1.47. The number of esters is 1. The van der Waals surface area contributed by atoms with Crippen LogP contribution in [-0.2, 0) is 14.3 Å². The molecular weight excluding hydrogens is 329 g/mol. The number of nitrogens with zero attached hydrogens (tertiary/aromatic N) is 1. The largest absolute Gasteiger partial charge is 0.456 e. The summed E-state index contributed by atoms with van der Waals surface area (Å²) >= 11 is 3.19. The van der Waals surface area contributed by atoms with Gasteiger partial charge in [-0.15, -0.1) is 0 Å². The van der Waals surface area contributed by atoms with Gasteiger partial charge in [-0.2, -0.15) is 5.26 Å². The van der Waals surface area contributed by atoms with E-state index in [-0.39, 0.29) is 17.7 Å².